The van der Waals surface area contributed by atoms with Crippen molar-refractivity contribution in [3.63, 3.8) is 0 Å². The van der Waals surface area contributed by atoms with Gasteiger partial charge in [-0.05, 0) is 38.0 Å². The zero-order valence-electron chi connectivity index (χ0n) is 12.7. The average Bonchev–Trinajstić information content (AvgIpc) is 2.50. The molecular formula is C18H21NO2. The molecule has 2 N–H and O–H groups in total. The molecule has 0 heterocycles. The molecule has 3 nitrogen and oxygen atoms in total. The van der Waals surface area contributed by atoms with Gasteiger partial charge in [0.05, 0.1) is 12.1 Å². The Balaban J connectivity index is 2.30. The van der Waals surface area contributed by atoms with E-state index in [4.69, 9.17) is 0 Å². The largest absolute Gasteiger partial charge is 0.394 e. The molecule has 110 valence electrons. The Labute approximate surface area is 125 Å². The Bertz CT molecular complexity index is 637. The molecule has 0 bridgehead atoms. The Kier molecular flexibility index (Phi) is 4.43. The first kappa shape index (κ1) is 15.3. The van der Waals surface area contributed by atoms with Gasteiger partial charge in [-0.25, -0.2) is 0 Å². The van der Waals surface area contributed by atoms with Gasteiger partial charge in [0.25, 0.3) is 5.91 Å². The molecule has 21 heavy (non-hydrogen) atoms. The number of aliphatic hydroxyl groups is 1. The van der Waals surface area contributed by atoms with Crippen LogP contribution in [0.3, 0.4) is 0 Å². The monoisotopic (exact) mass is 283 g/mol. The van der Waals surface area contributed by atoms with Crippen LogP contribution < -0.4 is 5.32 Å². The standard InChI is InChI=1S/C18H21NO2/c1-13-9-10-14(2)16(11-13)17(21)19-18(3,12-20)15-7-5-4-6-8-15/h4-11,20H,12H2,1-3H3,(H,19,21). The first-order chi connectivity index (χ1) is 9.96. The van der Waals surface area contributed by atoms with Crippen LogP contribution in [0.15, 0.2) is 48.5 Å². The molecule has 0 aromatic heterocycles. The lowest BCUT2D eigenvalue weighted by molar-refractivity contribution is 0.0849. The minimum Gasteiger partial charge on any atom is -0.394 e. The molecule has 0 aliphatic heterocycles. The Morgan fingerprint density at radius 3 is 2.43 bits per heavy atom. The summed E-state index contributed by atoms with van der Waals surface area (Å²) in [4.78, 5) is 12.5. The van der Waals surface area contributed by atoms with Crippen LogP contribution in [0.4, 0.5) is 0 Å². The van der Waals surface area contributed by atoms with E-state index in [-0.39, 0.29) is 12.5 Å². The first-order valence-corrected chi connectivity index (χ1v) is 7.02. The van der Waals surface area contributed by atoms with Crippen molar-refractivity contribution in [2.45, 2.75) is 26.3 Å². The molecule has 0 fully saturated rings. The predicted molar refractivity (Wildman–Crippen MR) is 84.3 cm³/mol. The number of hydrogen-bond donors (Lipinski definition) is 2. The van der Waals surface area contributed by atoms with Crippen LogP contribution in [0.25, 0.3) is 0 Å². The van der Waals surface area contributed by atoms with Crippen molar-refractivity contribution in [2.75, 3.05) is 6.61 Å². The van der Waals surface area contributed by atoms with Crippen LogP contribution in [0.5, 0.6) is 0 Å². The van der Waals surface area contributed by atoms with Crippen LogP contribution in [0, 0.1) is 13.8 Å². The minimum atomic E-state index is -0.797. The van der Waals surface area contributed by atoms with E-state index in [2.05, 4.69) is 5.32 Å². The van der Waals surface area contributed by atoms with Crippen molar-refractivity contribution in [3.05, 3.63) is 70.8 Å². The van der Waals surface area contributed by atoms with Gasteiger partial charge in [0.15, 0.2) is 0 Å². The van der Waals surface area contributed by atoms with Crippen LogP contribution in [0.1, 0.15) is 34.0 Å². The molecule has 2 aromatic rings. The molecule has 1 amide bonds. The fourth-order valence-corrected chi connectivity index (χ4v) is 2.31. The van der Waals surface area contributed by atoms with Crippen LogP contribution in [0.2, 0.25) is 0 Å². The molecule has 1 atom stereocenters. The summed E-state index contributed by atoms with van der Waals surface area (Å²) in [5, 5.41) is 12.7. The normalized spacial score (nSPS) is 13.5. The minimum absolute atomic E-state index is 0.159. The highest BCUT2D eigenvalue weighted by Gasteiger charge is 2.28. The average molecular weight is 283 g/mol. The molecule has 3 heteroatoms. The third kappa shape index (κ3) is 3.31. The highest BCUT2D eigenvalue weighted by atomic mass is 16.3. The fourth-order valence-electron chi connectivity index (χ4n) is 2.31. The summed E-state index contributed by atoms with van der Waals surface area (Å²) < 4.78 is 0. The number of hydrogen-bond acceptors (Lipinski definition) is 2. The van der Waals surface area contributed by atoms with Crippen LogP contribution >= 0.6 is 0 Å². The van der Waals surface area contributed by atoms with Gasteiger partial charge in [-0.1, -0.05) is 48.0 Å². The number of carbonyl (C=O) groups excluding carboxylic acids is 1. The van der Waals surface area contributed by atoms with Crippen molar-refractivity contribution >= 4 is 5.91 Å². The van der Waals surface area contributed by atoms with Crippen molar-refractivity contribution in [1.29, 1.82) is 0 Å². The van der Waals surface area contributed by atoms with Gasteiger partial charge in [0.2, 0.25) is 0 Å². The highest BCUT2D eigenvalue weighted by Crippen LogP contribution is 2.21. The number of benzene rings is 2. The lowest BCUT2D eigenvalue weighted by Gasteiger charge is -2.29. The van der Waals surface area contributed by atoms with E-state index in [0.717, 1.165) is 16.7 Å². The van der Waals surface area contributed by atoms with Crippen LogP contribution in [-0.2, 0) is 5.54 Å². The Morgan fingerprint density at radius 1 is 1.14 bits per heavy atom. The molecule has 1 unspecified atom stereocenters. The smallest absolute Gasteiger partial charge is 0.252 e. The Morgan fingerprint density at radius 2 is 1.81 bits per heavy atom. The van der Waals surface area contributed by atoms with Gasteiger partial charge in [0, 0.05) is 5.56 Å². The number of rotatable bonds is 4. The summed E-state index contributed by atoms with van der Waals surface area (Å²) in [6.07, 6.45) is 0. The lowest BCUT2D eigenvalue weighted by atomic mass is 9.92. The number of amides is 1. The summed E-state index contributed by atoms with van der Waals surface area (Å²) in [7, 11) is 0. The van der Waals surface area contributed by atoms with E-state index in [0.29, 0.717) is 5.56 Å². The molecular weight excluding hydrogens is 262 g/mol. The zero-order valence-corrected chi connectivity index (χ0v) is 12.7. The SMILES string of the molecule is Cc1ccc(C)c(C(=O)NC(C)(CO)c2ccccc2)c1. The van der Waals surface area contributed by atoms with Gasteiger partial charge in [-0.2, -0.15) is 0 Å². The molecule has 0 saturated carbocycles. The second kappa shape index (κ2) is 6.10. The summed E-state index contributed by atoms with van der Waals surface area (Å²) in [6.45, 7) is 5.53. The topological polar surface area (TPSA) is 49.3 Å². The number of carbonyl (C=O) groups is 1. The maximum atomic E-state index is 12.5. The fraction of sp³-hybridized carbons (Fsp3) is 0.278. The molecule has 0 radical (unpaired) electrons. The zero-order chi connectivity index (χ0) is 15.5. The summed E-state index contributed by atoms with van der Waals surface area (Å²) >= 11 is 0. The first-order valence-electron chi connectivity index (χ1n) is 7.02. The second-order valence-electron chi connectivity index (χ2n) is 5.63. The van der Waals surface area contributed by atoms with E-state index in [1.165, 1.54) is 0 Å². The third-order valence-electron chi connectivity index (χ3n) is 3.75. The van der Waals surface area contributed by atoms with E-state index in [9.17, 15) is 9.90 Å². The maximum absolute atomic E-state index is 12.5. The van der Waals surface area contributed by atoms with Crippen molar-refractivity contribution in [1.82, 2.24) is 5.32 Å². The lowest BCUT2D eigenvalue weighted by Crippen LogP contribution is -2.46. The van der Waals surface area contributed by atoms with Crippen molar-refractivity contribution < 1.29 is 9.90 Å². The maximum Gasteiger partial charge on any atom is 0.252 e. The summed E-state index contributed by atoms with van der Waals surface area (Å²) in [6, 6.07) is 15.3. The quantitative estimate of drug-likeness (QED) is 0.906. The van der Waals surface area contributed by atoms with Gasteiger partial charge in [0.1, 0.15) is 0 Å². The molecule has 0 spiro atoms. The van der Waals surface area contributed by atoms with Gasteiger partial charge >= 0.3 is 0 Å². The molecule has 2 aromatic carbocycles. The van der Waals surface area contributed by atoms with Crippen molar-refractivity contribution in [3.8, 4) is 0 Å². The van der Waals surface area contributed by atoms with E-state index in [1.807, 2.05) is 69.3 Å². The van der Waals surface area contributed by atoms with E-state index in [1.54, 1.807) is 0 Å². The predicted octanol–water partition coefficient (Wildman–Crippen LogP) is 2.94. The summed E-state index contributed by atoms with van der Waals surface area (Å²) in [5.74, 6) is -0.170. The van der Waals surface area contributed by atoms with Gasteiger partial charge < -0.3 is 10.4 Å². The number of aliphatic hydroxyl groups excluding tert-OH is 1. The Hall–Kier alpha value is -2.13. The van der Waals surface area contributed by atoms with Crippen molar-refractivity contribution in [2.24, 2.45) is 0 Å². The van der Waals surface area contributed by atoms with E-state index >= 15 is 0 Å². The third-order valence-corrected chi connectivity index (χ3v) is 3.75. The molecule has 0 saturated heterocycles. The molecule has 0 aliphatic rings. The summed E-state index contributed by atoms with van der Waals surface area (Å²) in [5.41, 5.74) is 2.69. The number of nitrogens with one attached hydrogen (secondary N) is 1. The number of aryl methyl sites for hydroxylation is 2. The molecule has 0 aliphatic carbocycles. The van der Waals surface area contributed by atoms with Gasteiger partial charge in [-0.15, -0.1) is 0 Å². The van der Waals surface area contributed by atoms with Crippen LogP contribution in [-0.4, -0.2) is 17.6 Å². The molecule has 2 rings (SSSR count). The van der Waals surface area contributed by atoms with Gasteiger partial charge in [-0.3, -0.25) is 4.79 Å². The second-order valence-corrected chi connectivity index (χ2v) is 5.63. The highest BCUT2D eigenvalue weighted by molar-refractivity contribution is 5.96. The van der Waals surface area contributed by atoms with E-state index < -0.39 is 5.54 Å².